The number of hydrogen-bond donors (Lipinski definition) is 3. The van der Waals surface area contributed by atoms with Gasteiger partial charge in [0, 0.05) is 37.0 Å². The molecule has 120 valence electrons. The maximum atomic E-state index is 3.68. The quantitative estimate of drug-likeness (QED) is 0.729. The van der Waals surface area contributed by atoms with Crippen LogP contribution in [0.2, 0.25) is 0 Å². The Morgan fingerprint density at radius 3 is 2.48 bits per heavy atom. The van der Waals surface area contributed by atoms with Crippen LogP contribution in [0.4, 0.5) is 5.69 Å². The molecule has 1 heterocycles. The lowest BCUT2D eigenvalue weighted by molar-refractivity contribution is 0.743. The number of unbranched alkanes of at least 4 members (excludes halogenated alkanes) is 1. The molecular formula is C20H25N3. The van der Waals surface area contributed by atoms with Gasteiger partial charge in [0.05, 0.1) is 11.4 Å². The number of fused-ring (bicyclic) bond motifs is 2. The Hall–Kier alpha value is -2.42. The average molecular weight is 307 g/mol. The average Bonchev–Trinajstić information content (AvgIpc) is 2.59. The van der Waals surface area contributed by atoms with E-state index in [1.54, 1.807) is 0 Å². The maximum Gasteiger partial charge on any atom is 0.0674 e. The third-order valence-corrected chi connectivity index (χ3v) is 4.28. The van der Waals surface area contributed by atoms with Crippen LogP contribution in [0.3, 0.4) is 0 Å². The Morgan fingerprint density at radius 2 is 1.70 bits per heavy atom. The van der Waals surface area contributed by atoms with Gasteiger partial charge in [0.2, 0.25) is 0 Å². The minimum Gasteiger partial charge on any atom is -0.386 e. The fraction of sp³-hybridized carbons (Fsp3) is 0.300. The Bertz CT molecular complexity index is 704. The number of hydrogen-bond acceptors (Lipinski definition) is 3. The minimum atomic E-state index is 0.836. The van der Waals surface area contributed by atoms with Crippen molar-refractivity contribution in [3.05, 3.63) is 65.2 Å². The highest BCUT2D eigenvalue weighted by Crippen LogP contribution is 2.32. The van der Waals surface area contributed by atoms with Crippen LogP contribution in [0.5, 0.6) is 0 Å². The first-order valence-corrected chi connectivity index (χ1v) is 8.42. The van der Waals surface area contributed by atoms with Crippen molar-refractivity contribution < 1.29 is 0 Å². The first-order valence-electron chi connectivity index (χ1n) is 8.42. The van der Waals surface area contributed by atoms with E-state index in [0.717, 1.165) is 18.8 Å². The van der Waals surface area contributed by atoms with E-state index in [9.17, 15) is 0 Å². The van der Waals surface area contributed by atoms with Gasteiger partial charge in [0.25, 0.3) is 0 Å². The molecule has 3 N–H and O–H groups in total. The fourth-order valence-electron chi connectivity index (χ4n) is 3.07. The lowest BCUT2D eigenvalue weighted by Crippen LogP contribution is -2.23. The lowest BCUT2D eigenvalue weighted by Gasteiger charge is -2.25. The lowest BCUT2D eigenvalue weighted by atomic mass is 9.97. The molecule has 2 aromatic carbocycles. The van der Waals surface area contributed by atoms with Crippen molar-refractivity contribution in [2.75, 3.05) is 18.9 Å². The van der Waals surface area contributed by atoms with Crippen molar-refractivity contribution in [3.63, 3.8) is 0 Å². The molecule has 0 unspecified atom stereocenters. The molecule has 0 aromatic heterocycles. The summed E-state index contributed by atoms with van der Waals surface area (Å²) in [5.41, 5.74) is 7.32. The minimum absolute atomic E-state index is 0.836. The van der Waals surface area contributed by atoms with Gasteiger partial charge in [-0.15, -0.1) is 0 Å². The first-order chi connectivity index (χ1) is 11.3. The summed E-state index contributed by atoms with van der Waals surface area (Å²) in [5, 5.41) is 10.7. The maximum absolute atomic E-state index is 3.68. The standard InChI is InChI=1S/C20H25N3/c1-3-4-13-22-20-16-10-6-5-9-15(16)14-23-18-12-8-7-11-17(18)19(20)21-2/h5-12,21-23H,3-4,13-14H2,1-2H3. The second-order valence-electron chi connectivity index (χ2n) is 5.84. The molecule has 3 rings (SSSR count). The third kappa shape index (κ3) is 3.19. The van der Waals surface area contributed by atoms with E-state index in [-0.39, 0.29) is 0 Å². The van der Waals surface area contributed by atoms with Crippen molar-refractivity contribution in [2.45, 2.75) is 26.3 Å². The van der Waals surface area contributed by atoms with Crippen molar-refractivity contribution in [1.29, 1.82) is 0 Å². The molecule has 0 aliphatic carbocycles. The van der Waals surface area contributed by atoms with Gasteiger partial charge in [0.1, 0.15) is 0 Å². The van der Waals surface area contributed by atoms with Crippen LogP contribution in [-0.2, 0) is 6.54 Å². The first kappa shape index (κ1) is 15.5. The van der Waals surface area contributed by atoms with Crippen LogP contribution >= 0.6 is 0 Å². The van der Waals surface area contributed by atoms with Crippen LogP contribution in [-0.4, -0.2) is 13.6 Å². The van der Waals surface area contributed by atoms with E-state index in [1.807, 2.05) is 7.05 Å². The van der Waals surface area contributed by atoms with Gasteiger partial charge in [-0.25, -0.2) is 0 Å². The molecule has 0 fully saturated rings. The molecule has 0 amide bonds. The summed E-state index contributed by atoms with van der Waals surface area (Å²) < 4.78 is 0. The highest BCUT2D eigenvalue weighted by Gasteiger charge is 2.18. The Morgan fingerprint density at radius 1 is 0.957 bits per heavy atom. The zero-order chi connectivity index (χ0) is 16.1. The van der Waals surface area contributed by atoms with Crippen LogP contribution in [0.25, 0.3) is 11.4 Å². The normalized spacial score (nSPS) is 13.3. The topological polar surface area (TPSA) is 36.1 Å². The van der Waals surface area contributed by atoms with E-state index in [2.05, 4.69) is 71.4 Å². The molecule has 0 radical (unpaired) electrons. The number of rotatable bonds is 5. The predicted octanol–water partition coefficient (Wildman–Crippen LogP) is 4.05. The predicted molar refractivity (Wildman–Crippen MR) is 99.0 cm³/mol. The summed E-state index contributed by atoms with van der Waals surface area (Å²) in [4.78, 5) is 0. The molecule has 0 saturated carbocycles. The molecule has 0 saturated heterocycles. The van der Waals surface area contributed by atoms with E-state index < -0.39 is 0 Å². The van der Waals surface area contributed by atoms with Gasteiger partial charge in [-0.2, -0.15) is 0 Å². The zero-order valence-corrected chi connectivity index (χ0v) is 13.9. The summed E-state index contributed by atoms with van der Waals surface area (Å²) in [6.45, 7) is 4.05. The van der Waals surface area contributed by atoms with Crippen LogP contribution < -0.4 is 16.0 Å². The van der Waals surface area contributed by atoms with Crippen molar-refractivity contribution in [1.82, 2.24) is 10.6 Å². The van der Waals surface area contributed by atoms with Gasteiger partial charge < -0.3 is 16.0 Å². The molecule has 0 spiro atoms. The van der Waals surface area contributed by atoms with Crippen LogP contribution in [0.1, 0.15) is 36.5 Å². The number of anilines is 1. The zero-order valence-electron chi connectivity index (χ0n) is 13.9. The summed E-state index contributed by atoms with van der Waals surface area (Å²) in [7, 11) is 2.00. The van der Waals surface area contributed by atoms with Crippen molar-refractivity contribution in [3.8, 4) is 0 Å². The summed E-state index contributed by atoms with van der Waals surface area (Å²) >= 11 is 0. The summed E-state index contributed by atoms with van der Waals surface area (Å²) in [6, 6.07) is 17.1. The van der Waals surface area contributed by atoms with Gasteiger partial charge in [-0.1, -0.05) is 55.8 Å². The molecule has 0 bridgehead atoms. The van der Waals surface area contributed by atoms with Gasteiger partial charge in [-0.05, 0) is 18.1 Å². The summed E-state index contributed by atoms with van der Waals surface area (Å²) in [6.07, 6.45) is 2.36. The van der Waals surface area contributed by atoms with Crippen LogP contribution in [0.15, 0.2) is 48.5 Å². The smallest absolute Gasteiger partial charge is 0.0674 e. The van der Waals surface area contributed by atoms with Crippen molar-refractivity contribution >= 4 is 17.1 Å². The third-order valence-electron chi connectivity index (χ3n) is 4.28. The Kier molecular flexibility index (Phi) is 4.86. The summed E-state index contributed by atoms with van der Waals surface area (Å²) in [5.74, 6) is 0. The fourth-order valence-corrected chi connectivity index (χ4v) is 3.07. The molecule has 23 heavy (non-hydrogen) atoms. The molecule has 1 aliphatic heterocycles. The molecule has 1 aliphatic rings. The molecule has 3 nitrogen and oxygen atoms in total. The highest BCUT2D eigenvalue weighted by molar-refractivity contribution is 5.94. The second-order valence-corrected chi connectivity index (χ2v) is 5.84. The second kappa shape index (κ2) is 7.23. The molecule has 2 aromatic rings. The van der Waals surface area contributed by atoms with E-state index in [1.165, 1.54) is 40.9 Å². The monoisotopic (exact) mass is 307 g/mol. The number of nitrogens with one attached hydrogen (secondary N) is 3. The molecule has 0 atom stereocenters. The van der Waals surface area contributed by atoms with Crippen molar-refractivity contribution in [2.24, 2.45) is 0 Å². The largest absolute Gasteiger partial charge is 0.386 e. The van der Waals surface area contributed by atoms with Crippen LogP contribution in [0, 0.1) is 0 Å². The molecular weight excluding hydrogens is 282 g/mol. The van der Waals surface area contributed by atoms with Gasteiger partial charge >= 0.3 is 0 Å². The Labute approximate surface area is 138 Å². The van der Waals surface area contributed by atoms with E-state index in [4.69, 9.17) is 0 Å². The van der Waals surface area contributed by atoms with E-state index >= 15 is 0 Å². The van der Waals surface area contributed by atoms with Gasteiger partial charge in [0.15, 0.2) is 0 Å². The van der Waals surface area contributed by atoms with E-state index in [0.29, 0.717) is 0 Å². The highest BCUT2D eigenvalue weighted by atomic mass is 15.0. The number of para-hydroxylation sites is 1. The SMILES string of the molecule is CCCCNC1=C(NC)c2ccccc2NCc2ccccc21. The van der Waals surface area contributed by atoms with Gasteiger partial charge in [-0.3, -0.25) is 0 Å². The number of benzene rings is 2. The Balaban J connectivity index is 2.16. The molecule has 3 heteroatoms.